The molecule has 0 saturated carbocycles. The minimum Gasteiger partial charge on any atom is -0.481 e. The zero-order valence-corrected chi connectivity index (χ0v) is 17.2. The lowest BCUT2D eigenvalue weighted by Crippen LogP contribution is -2.53. The normalized spacial score (nSPS) is 23.1. The lowest BCUT2D eigenvalue weighted by molar-refractivity contribution is -0.384. The van der Waals surface area contributed by atoms with Gasteiger partial charge in [0.05, 0.1) is 16.4 Å². The van der Waals surface area contributed by atoms with Gasteiger partial charge < -0.3 is 14.9 Å². The molecule has 3 atom stereocenters. The number of nitrogens with zero attached hydrogens (tertiary/aromatic N) is 2. The second-order valence-electron chi connectivity index (χ2n) is 7.93. The molecule has 3 rings (SSSR count). The molecular formula is C21H19F3N2O7. The summed E-state index contributed by atoms with van der Waals surface area (Å²) in [5, 5.41) is 30.8. The molecule has 0 bridgehead atoms. The van der Waals surface area contributed by atoms with Crippen LogP contribution in [-0.2, 0) is 4.79 Å². The molecule has 0 spiro atoms. The summed E-state index contributed by atoms with van der Waals surface area (Å²) in [6.45, 7) is 1.25. The van der Waals surface area contributed by atoms with Crippen LogP contribution >= 0.6 is 0 Å². The summed E-state index contributed by atoms with van der Waals surface area (Å²) in [4.78, 5) is 35.7. The van der Waals surface area contributed by atoms with Gasteiger partial charge in [-0.05, 0) is 36.6 Å². The molecule has 3 unspecified atom stereocenters. The van der Waals surface area contributed by atoms with E-state index in [1.165, 1.54) is 43.3 Å². The maximum Gasteiger partial charge on any atom is 0.573 e. The van der Waals surface area contributed by atoms with E-state index in [4.69, 9.17) is 0 Å². The second kappa shape index (κ2) is 8.60. The molecule has 0 radical (unpaired) electrons. The number of nitro groups is 1. The van der Waals surface area contributed by atoms with E-state index in [-0.39, 0.29) is 24.2 Å². The maximum absolute atomic E-state index is 12.4. The van der Waals surface area contributed by atoms with Crippen molar-refractivity contribution in [1.82, 2.24) is 4.90 Å². The fourth-order valence-electron chi connectivity index (χ4n) is 4.26. The van der Waals surface area contributed by atoms with Crippen LogP contribution in [0.3, 0.4) is 0 Å². The monoisotopic (exact) mass is 468 g/mol. The summed E-state index contributed by atoms with van der Waals surface area (Å²) >= 11 is 0. The molecule has 33 heavy (non-hydrogen) atoms. The van der Waals surface area contributed by atoms with Crippen LogP contribution in [0.4, 0.5) is 23.7 Å². The number of carbonyl (C=O) groups is 2. The Kier molecular flexibility index (Phi) is 6.21. The first kappa shape index (κ1) is 23.8. The van der Waals surface area contributed by atoms with Crippen LogP contribution in [0.1, 0.15) is 36.4 Å². The number of benzene rings is 2. The first-order valence-electron chi connectivity index (χ1n) is 9.65. The summed E-state index contributed by atoms with van der Waals surface area (Å²) in [5.41, 5.74) is -1.13. The number of non-ortho nitro benzene ring substituents is 1. The number of alkyl halides is 3. The van der Waals surface area contributed by atoms with Crippen molar-refractivity contribution in [2.45, 2.75) is 31.7 Å². The van der Waals surface area contributed by atoms with Crippen molar-refractivity contribution in [3.8, 4) is 5.75 Å². The number of piperidine rings is 1. The third kappa shape index (κ3) is 4.99. The number of carboxylic acids is 1. The fourth-order valence-corrected chi connectivity index (χ4v) is 4.26. The molecule has 2 aromatic rings. The third-order valence-electron chi connectivity index (χ3n) is 5.74. The van der Waals surface area contributed by atoms with Gasteiger partial charge in [-0.3, -0.25) is 19.8 Å². The molecule has 1 amide bonds. The Balaban J connectivity index is 1.98. The smallest absolute Gasteiger partial charge is 0.481 e. The van der Waals surface area contributed by atoms with Gasteiger partial charge in [0.1, 0.15) is 5.75 Å². The largest absolute Gasteiger partial charge is 0.573 e. The molecule has 1 heterocycles. The Morgan fingerprint density at radius 3 is 2.09 bits per heavy atom. The van der Waals surface area contributed by atoms with Crippen LogP contribution < -0.4 is 4.74 Å². The van der Waals surface area contributed by atoms with Crippen LogP contribution in [0, 0.1) is 15.5 Å². The highest BCUT2D eigenvalue weighted by atomic mass is 19.4. The topological polar surface area (TPSA) is 130 Å². The Hall–Kier alpha value is -3.83. The molecule has 0 aliphatic carbocycles. The van der Waals surface area contributed by atoms with Gasteiger partial charge in [-0.2, -0.15) is 0 Å². The first-order valence-corrected chi connectivity index (χ1v) is 9.65. The third-order valence-corrected chi connectivity index (χ3v) is 5.74. The van der Waals surface area contributed by atoms with E-state index in [1.54, 1.807) is 0 Å². The van der Waals surface area contributed by atoms with Crippen molar-refractivity contribution in [3.05, 3.63) is 69.8 Å². The van der Waals surface area contributed by atoms with Crippen molar-refractivity contribution in [2.24, 2.45) is 5.41 Å². The number of halogens is 3. The van der Waals surface area contributed by atoms with Gasteiger partial charge >= 0.3 is 18.4 Å². The standard InChI is InChI=1S/C21H19F3N2O7/c1-20(18(27)28)10-14(12-4-8-16(9-5-12)33-21(22,23)24)11-25(19(29)30)17(20)13-2-6-15(7-3-13)26(31)32/h2-9,14,17H,10-11H2,1H3,(H,27,28)(H,29,30). The average molecular weight is 468 g/mol. The number of amides is 1. The van der Waals surface area contributed by atoms with Gasteiger partial charge in [0.15, 0.2) is 0 Å². The molecule has 0 aromatic heterocycles. The van der Waals surface area contributed by atoms with Crippen molar-refractivity contribution in [1.29, 1.82) is 0 Å². The highest BCUT2D eigenvalue weighted by Gasteiger charge is 2.52. The number of nitro benzene ring substituents is 1. The van der Waals surface area contributed by atoms with Crippen LogP contribution in [0.5, 0.6) is 5.75 Å². The molecule has 176 valence electrons. The van der Waals surface area contributed by atoms with E-state index >= 15 is 0 Å². The number of hydrogen-bond acceptors (Lipinski definition) is 5. The van der Waals surface area contributed by atoms with Crippen LogP contribution in [0.2, 0.25) is 0 Å². The number of likely N-dealkylation sites (tertiary alicyclic amines) is 1. The summed E-state index contributed by atoms with van der Waals surface area (Å²) < 4.78 is 41.0. The average Bonchev–Trinajstić information content (AvgIpc) is 2.72. The van der Waals surface area contributed by atoms with Crippen molar-refractivity contribution in [2.75, 3.05) is 6.54 Å². The predicted molar refractivity (Wildman–Crippen MR) is 107 cm³/mol. The lowest BCUT2D eigenvalue weighted by Gasteiger charge is -2.48. The molecule has 2 aromatic carbocycles. The first-order chi connectivity index (χ1) is 15.3. The van der Waals surface area contributed by atoms with E-state index in [0.717, 1.165) is 17.0 Å². The van der Waals surface area contributed by atoms with Gasteiger partial charge in [-0.25, -0.2) is 4.79 Å². The Morgan fingerprint density at radius 1 is 1.09 bits per heavy atom. The summed E-state index contributed by atoms with van der Waals surface area (Å²) in [7, 11) is 0. The van der Waals surface area contributed by atoms with Crippen molar-refractivity contribution < 1.29 is 42.6 Å². The molecule has 2 N–H and O–H groups in total. The highest BCUT2D eigenvalue weighted by molar-refractivity contribution is 5.78. The van der Waals surface area contributed by atoms with Gasteiger partial charge in [0.25, 0.3) is 5.69 Å². The molecule has 9 nitrogen and oxygen atoms in total. The minimum absolute atomic E-state index is 0.0206. The SMILES string of the molecule is CC1(C(=O)O)CC(c2ccc(OC(F)(F)F)cc2)CN(C(=O)O)C1c1ccc([N+](=O)[O-])cc1. The summed E-state index contributed by atoms with van der Waals surface area (Å²) in [5.74, 6) is -2.36. The Bertz CT molecular complexity index is 1060. The van der Waals surface area contributed by atoms with E-state index in [1.807, 2.05) is 0 Å². The van der Waals surface area contributed by atoms with Crippen LogP contribution in [-0.4, -0.2) is 45.0 Å². The van der Waals surface area contributed by atoms with Gasteiger partial charge in [0.2, 0.25) is 0 Å². The Labute approximate surface area is 185 Å². The summed E-state index contributed by atoms with van der Waals surface area (Å²) in [6.07, 6.45) is -6.29. The van der Waals surface area contributed by atoms with E-state index in [0.29, 0.717) is 5.56 Å². The maximum atomic E-state index is 12.4. The van der Waals surface area contributed by atoms with Crippen molar-refractivity contribution >= 4 is 17.7 Å². The number of carboxylic acid groups (broad SMARTS) is 2. The quantitative estimate of drug-likeness (QED) is 0.476. The van der Waals surface area contributed by atoms with E-state index in [2.05, 4.69) is 4.74 Å². The molecule has 1 fully saturated rings. The minimum atomic E-state index is -4.87. The van der Waals surface area contributed by atoms with Gasteiger partial charge in [-0.1, -0.05) is 24.3 Å². The second-order valence-corrected chi connectivity index (χ2v) is 7.93. The summed E-state index contributed by atoms with van der Waals surface area (Å²) in [6, 6.07) is 8.67. The molecule has 1 aliphatic rings. The number of ether oxygens (including phenoxy) is 1. The number of hydrogen-bond donors (Lipinski definition) is 2. The van der Waals surface area contributed by atoms with Gasteiger partial charge in [-0.15, -0.1) is 13.2 Å². The lowest BCUT2D eigenvalue weighted by atomic mass is 9.67. The van der Waals surface area contributed by atoms with Crippen LogP contribution in [0.25, 0.3) is 0 Å². The predicted octanol–water partition coefficient (Wildman–Crippen LogP) is 4.79. The number of rotatable bonds is 5. The fraction of sp³-hybridized carbons (Fsp3) is 0.333. The van der Waals surface area contributed by atoms with Gasteiger partial charge in [0, 0.05) is 24.6 Å². The van der Waals surface area contributed by atoms with Crippen LogP contribution in [0.15, 0.2) is 48.5 Å². The van der Waals surface area contributed by atoms with E-state index in [9.17, 15) is 43.1 Å². The Morgan fingerprint density at radius 2 is 1.64 bits per heavy atom. The zero-order valence-electron chi connectivity index (χ0n) is 17.2. The molecular weight excluding hydrogens is 449 g/mol. The number of aliphatic carboxylic acids is 1. The highest BCUT2D eigenvalue weighted by Crippen LogP contribution is 2.50. The molecule has 1 saturated heterocycles. The molecule has 12 heteroatoms. The van der Waals surface area contributed by atoms with Crippen molar-refractivity contribution in [3.63, 3.8) is 0 Å². The zero-order chi connectivity index (χ0) is 24.6. The van der Waals surface area contributed by atoms with E-state index < -0.39 is 46.5 Å². The molecule has 1 aliphatic heterocycles.